The van der Waals surface area contributed by atoms with Crippen molar-refractivity contribution >= 4 is 38.0 Å². The summed E-state index contributed by atoms with van der Waals surface area (Å²) in [6, 6.07) is 7.79. The summed E-state index contributed by atoms with van der Waals surface area (Å²) in [7, 11) is -1.26. The lowest BCUT2D eigenvalue weighted by molar-refractivity contribution is 0.0971. The minimum atomic E-state index is -1.26. The quantitative estimate of drug-likeness (QED) is 0.693. The van der Waals surface area contributed by atoms with E-state index in [1.165, 1.54) is 17.2 Å². The van der Waals surface area contributed by atoms with Gasteiger partial charge in [-0.2, -0.15) is 0 Å². The third-order valence-corrected chi connectivity index (χ3v) is 4.73. The topological polar surface area (TPSA) is 64.8 Å². The molecule has 20 heavy (non-hydrogen) atoms. The molecule has 0 aliphatic rings. The van der Waals surface area contributed by atoms with E-state index in [0.29, 0.717) is 10.7 Å². The molecule has 0 fully saturated rings. The number of Topliss-reactive ketones (excluding diaryl/α,β-unsaturated/α-hetero) is 1. The van der Waals surface area contributed by atoms with Crippen molar-refractivity contribution in [3.8, 4) is 0 Å². The summed E-state index contributed by atoms with van der Waals surface area (Å²) in [5, 5.41) is 10.6. The number of carbonyl (C=O) groups is 1. The summed E-state index contributed by atoms with van der Waals surface area (Å²) in [5.41, 5.74) is 0.687. The van der Waals surface area contributed by atoms with Crippen LogP contribution in [0.5, 0.6) is 0 Å². The highest BCUT2D eigenvalue weighted by molar-refractivity contribution is 7.84. The molecule has 102 valence electrons. The van der Waals surface area contributed by atoms with Gasteiger partial charge in [0.2, 0.25) is 5.16 Å². The standard InChI is InChI=1S/C13H11N3O2S2/c1-20(18)13-15-14-8-16(13)6-11(17)10-7-19-12-5-3-2-4-9(10)12/h2-5,7-8H,6H2,1H3/t20-/m0/s1. The van der Waals surface area contributed by atoms with E-state index in [9.17, 15) is 9.00 Å². The average molecular weight is 305 g/mol. The summed E-state index contributed by atoms with van der Waals surface area (Å²) in [5.74, 6) is -0.0334. The van der Waals surface area contributed by atoms with E-state index in [4.69, 9.17) is 0 Å². The van der Waals surface area contributed by atoms with Crippen LogP contribution in [0, 0.1) is 0 Å². The first-order valence-electron chi connectivity index (χ1n) is 5.87. The Labute approximate surface area is 121 Å². The van der Waals surface area contributed by atoms with Crippen molar-refractivity contribution in [2.75, 3.05) is 6.26 Å². The largest absolute Gasteiger partial charge is 0.299 e. The second kappa shape index (κ2) is 5.26. The number of nitrogens with zero attached hydrogens (tertiary/aromatic N) is 3. The van der Waals surface area contributed by atoms with Gasteiger partial charge in [-0.25, -0.2) is 0 Å². The van der Waals surface area contributed by atoms with Crippen LogP contribution in [0.25, 0.3) is 10.1 Å². The fourth-order valence-corrected chi connectivity index (χ4v) is 3.58. The van der Waals surface area contributed by atoms with Gasteiger partial charge >= 0.3 is 0 Å². The highest BCUT2D eigenvalue weighted by Crippen LogP contribution is 2.26. The van der Waals surface area contributed by atoms with Gasteiger partial charge < -0.3 is 0 Å². The van der Waals surface area contributed by atoms with Gasteiger partial charge in [0.15, 0.2) is 5.78 Å². The first-order valence-corrected chi connectivity index (χ1v) is 8.31. The molecular weight excluding hydrogens is 294 g/mol. The summed E-state index contributed by atoms with van der Waals surface area (Å²) in [6.07, 6.45) is 2.95. The highest BCUT2D eigenvalue weighted by Gasteiger charge is 2.15. The van der Waals surface area contributed by atoms with E-state index in [1.807, 2.05) is 29.6 Å². The van der Waals surface area contributed by atoms with Crippen LogP contribution in [0.4, 0.5) is 0 Å². The average Bonchev–Trinajstić information content (AvgIpc) is 3.04. The predicted octanol–water partition coefficient (Wildman–Crippen LogP) is 2.11. The van der Waals surface area contributed by atoms with Crippen LogP contribution < -0.4 is 0 Å². The summed E-state index contributed by atoms with van der Waals surface area (Å²) >= 11 is 1.54. The van der Waals surface area contributed by atoms with Gasteiger partial charge in [0.05, 0.1) is 17.3 Å². The number of ketones is 1. The van der Waals surface area contributed by atoms with Crippen LogP contribution in [0.2, 0.25) is 0 Å². The summed E-state index contributed by atoms with van der Waals surface area (Å²) in [6.45, 7) is 0.0998. The molecular formula is C13H11N3O2S2. The molecule has 2 heterocycles. The Hall–Kier alpha value is -1.86. The smallest absolute Gasteiger partial charge is 0.221 e. The lowest BCUT2D eigenvalue weighted by Gasteiger charge is -2.03. The number of thiophene rings is 1. The lowest BCUT2D eigenvalue weighted by Crippen LogP contribution is -2.12. The molecule has 0 radical (unpaired) electrons. The Balaban J connectivity index is 1.93. The van der Waals surface area contributed by atoms with Crippen molar-refractivity contribution in [3.05, 3.63) is 41.5 Å². The van der Waals surface area contributed by atoms with Crippen molar-refractivity contribution in [2.45, 2.75) is 11.7 Å². The second-order valence-corrected chi connectivity index (χ2v) is 6.45. The van der Waals surface area contributed by atoms with Crippen molar-refractivity contribution in [1.29, 1.82) is 0 Å². The number of benzene rings is 1. The lowest BCUT2D eigenvalue weighted by atomic mass is 10.1. The van der Waals surface area contributed by atoms with Gasteiger partial charge in [-0.05, 0) is 6.07 Å². The first kappa shape index (κ1) is 13.1. The highest BCUT2D eigenvalue weighted by atomic mass is 32.2. The number of hydrogen-bond donors (Lipinski definition) is 0. The SMILES string of the molecule is C[S@](=O)c1nncn1CC(=O)c1csc2ccccc12. The zero-order valence-corrected chi connectivity index (χ0v) is 12.3. The second-order valence-electron chi connectivity index (χ2n) is 4.26. The van der Waals surface area contributed by atoms with E-state index in [-0.39, 0.29) is 12.3 Å². The van der Waals surface area contributed by atoms with E-state index < -0.39 is 10.8 Å². The fraction of sp³-hybridized carbons (Fsp3) is 0.154. The number of carbonyl (C=O) groups excluding carboxylic acids is 1. The fourth-order valence-electron chi connectivity index (χ4n) is 2.01. The van der Waals surface area contributed by atoms with Gasteiger partial charge in [0, 0.05) is 27.3 Å². The molecule has 0 aliphatic carbocycles. The maximum absolute atomic E-state index is 12.4. The number of fused-ring (bicyclic) bond motifs is 1. The Morgan fingerprint density at radius 1 is 1.40 bits per heavy atom. The molecule has 3 rings (SSSR count). The van der Waals surface area contributed by atoms with E-state index >= 15 is 0 Å². The minimum absolute atomic E-state index is 0.0334. The van der Waals surface area contributed by atoms with Crippen molar-refractivity contribution < 1.29 is 9.00 Å². The molecule has 0 saturated heterocycles. The molecule has 1 aromatic carbocycles. The zero-order valence-electron chi connectivity index (χ0n) is 10.6. The number of aromatic nitrogens is 3. The number of hydrogen-bond acceptors (Lipinski definition) is 5. The Kier molecular flexibility index (Phi) is 3.45. The normalized spacial score (nSPS) is 12.7. The van der Waals surface area contributed by atoms with E-state index in [2.05, 4.69) is 10.2 Å². The molecule has 3 aromatic rings. The van der Waals surface area contributed by atoms with Crippen LogP contribution in [-0.2, 0) is 17.3 Å². The molecule has 0 unspecified atom stereocenters. The monoisotopic (exact) mass is 305 g/mol. The predicted molar refractivity (Wildman–Crippen MR) is 78.5 cm³/mol. The molecule has 7 heteroatoms. The summed E-state index contributed by atoms with van der Waals surface area (Å²) in [4.78, 5) is 12.4. The van der Waals surface area contributed by atoms with Crippen LogP contribution in [0.15, 0.2) is 41.1 Å². The third-order valence-electron chi connectivity index (χ3n) is 2.93. The van der Waals surface area contributed by atoms with Crippen molar-refractivity contribution in [2.24, 2.45) is 0 Å². The molecule has 0 spiro atoms. The third kappa shape index (κ3) is 2.30. The minimum Gasteiger partial charge on any atom is -0.299 e. The van der Waals surface area contributed by atoms with Crippen LogP contribution in [-0.4, -0.2) is 31.0 Å². The van der Waals surface area contributed by atoms with Crippen molar-refractivity contribution in [3.63, 3.8) is 0 Å². The van der Waals surface area contributed by atoms with Gasteiger partial charge in [-0.15, -0.1) is 21.5 Å². The molecule has 0 bridgehead atoms. The Morgan fingerprint density at radius 3 is 3.00 bits per heavy atom. The summed E-state index contributed by atoms with van der Waals surface area (Å²) < 4.78 is 14.1. The first-order chi connectivity index (χ1) is 9.66. The van der Waals surface area contributed by atoms with Crippen LogP contribution in [0.1, 0.15) is 10.4 Å². The van der Waals surface area contributed by atoms with Gasteiger partial charge in [0.1, 0.15) is 6.33 Å². The molecule has 1 atom stereocenters. The van der Waals surface area contributed by atoms with Crippen LogP contribution >= 0.6 is 11.3 Å². The van der Waals surface area contributed by atoms with Crippen LogP contribution in [0.3, 0.4) is 0 Å². The Bertz CT molecular complexity index is 807. The molecule has 0 N–H and O–H groups in total. The molecule has 0 saturated carbocycles. The molecule has 2 aromatic heterocycles. The molecule has 0 amide bonds. The maximum atomic E-state index is 12.4. The molecule has 5 nitrogen and oxygen atoms in total. The van der Waals surface area contributed by atoms with E-state index in [1.54, 1.807) is 11.3 Å². The van der Waals surface area contributed by atoms with Gasteiger partial charge in [-0.3, -0.25) is 13.6 Å². The van der Waals surface area contributed by atoms with Gasteiger partial charge in [-0.1, -0.05) is 18.2 Å². The van der Waals surface area contributed by atoms with E-state index in [0.717, 1.165) is 10.1 Å². The maximum Gasteiger partial charge on any atom is 0.221 e. The van der Waals surface area contributed by atoms with Crippen molar-refractivity contribution in [1.82, 2.24) is 14.8 Å². The molecule has 0 aliphatic heterocycles. The Morgan fingerprint density at radius 2 is 2.20 bits per heavy atom. The zero-order chi connectivity index (χ0) is 14.1. The number of rotatable bonds is 4. The van der Waals surface area contributed by atoms with Gasteiger partial charge in [0.25, 0.3) is 0 Å².